The largest absolute Gasteiger partial charge is 0.397 e. The highest BCUT2D eigenvalue weighted by molar-refractivity contribution is 5.63. The van der Waals surface area contributed by atoms with Gasteiger partial charge in [-0.1, -0.05) is 6.07 Å². The van der Waals surface area contributed by atoms with Crippen molar-refractivity contribution < 1.29 is 0 Å². The third-order valence-electron chi connectivity index (χ3n) is 3.08. The molecule has 1 aromatic rings. The molecule has 1 fully saturated rings. The van der Waals surface area contributed by atoms with Gasteiger partial charge in [-0.2, -0.15) is 0 Å². The molecular weight excluding hydrogens is 200 g/mol. The predicted octanol–water partition coefficient (Wildman–Crippen LogP) is 0.299. The second-order valence-corrected chi connectivity index (χ2v) is 4.30. The lowest BCUT2D eigenvalue weighted by atomic mass is 10.1. The summed E-state index contributed by atoms with van der Waals surface area (Å²) in [4.78, 5) is 2.48. The van der Waals surface area contributed by atoms with Crippen molar-refractivity contribution in [1.82, 2.24) is 10.2 Å². The van der Waals surface area contributed by atoms with Crippen LogP contribution in [0.2, 0.25) is 0 Å². The van der Waals surface area contributed by atoms with E-state index < -0.39 is 0 Å². The third kappa shape index (κ3) is 2.87. The lowest BCUT2D eigenvalue weighted by Crippen LogP contribution is -2.44. The molecule has 1 heterocycles. The van der Waals surface area contributed by atoms with E-state index in [1.165, 1.54) is 5.56 Å². The molecule has 0 saturated carbocycles. The van der Waals surface area contributed by atoms with Crippen molar-refractivity contribution in [1.29, 1.82) is 0 Å². The standard InChI is InChI=1S/C12H20N4/c13-11-2-1-10(9-12(11)14)3-6-16-7-4-15-5-8-16/h1-2,9,15H,3-8,13-14H2. The van der Waals surface area contributed by atoms with Crippen LogP contribution in [0.25, 0.3) is 0 Å². The molecule has 1 saturated heterocycles. The summed E-state index contributed by atoms with van der Waals surface area (Å²) in [6, 6.07) is 5.94. The Balaban J connectivity index is 1.86. The molecule has 0 aliphatic carbocycles. The van der Waals surface area contributed by atoms with Gasteiger partial charge in [-0.15, -0.1) is 0 Å². The fourth-order valence-electron chi connectivity index (χ4n) is 2.00. The zero-order valence-electron chi connectivity index (χ0n) is 9.58. The maximum atomic E-state index is 5.78. The quantitative estimate of drug-likeness (QED) is 0.641. The van der Waals surface area contributed by atoms with Crippen molar-refractivity contribution in [2.75, 3.05) is 44.2 Å². The summed E-state index contributed by atoms with van der Waals surface area (Å²) in [7, 11) is 0. The Labute approximate surface area is 96.6 Å². The molecule has 4 heteroatoms. The van der Waals surface area contributed by atoms with Crippen molar-refractivity contribution in [3.05, 3.63) is 23.8 Å². The lowest BCUT2D eigenvalue weighted by molar-refractivity contribution is 0.244. The van der Waals surface area contributed by atoms with Crippen LogP contribution in [0.5, 0.6) is 0 Å². The second-order valence-electron chi connectivity index (χ2n) is 4.30. The molecule has 1 aromatic carbocycles. The number of nitrogen functional groups attached to an aromatic ring is 2. The van der Waals surface area contributed by atoms with Gasteiger partial charge in [0.2, 0.25) is 0 Å². The Kier molecular flexibility index (Phi) is 3.64. The van der Waals surface area contributed by atoms with Gasteiger partial charge in [0.1, 0.15) is 0 Å². The van der Waals surface area contributed by atoms with E-state index in [2.05, 4.69) is 16.3 Å². The van der Waals surface area contributed by atoms with Crippen LogP contribution < -0.4 is 16.8 Å². The van der Waals surface area contributed by atoms with Crippen LogP contribution in [0.1, 0.15) is 5.56 Å². The molecule has 0 radical (unpaired) electrons. The van der Waals surface area contributed by atoms with Crippen molar-refractivity contribution in [3.8, 4) is 0 Å². The van der Waals surface area contributed by atoms with Crippen LogP contribution in [0, 0.1) is 0 Å². The van der Waals surface area contributed by atoms with Crippen LogP contribution in [0.15, 0.2) is 18.2 Å². The number of hydrogen-bond acceptors (Lipinski definition) is 4. The molecule has 4 nitrogen and oxygen atoms in total. The Morgan fingerprint density at radius 3 is 2.56 bits per heavy atom. The van der Waals surface area contributed by atoms with E-state index in [9.17, 15) is 0 Å². The summed E-state index contributed by atoms with van der Waals surface area (Å²) < 4.78 is 0. The first-order valence-electron chi connectivity index (χ1n) is 5.82. The third-order valence-corrected chi connectivity index (χ3v) is 3.08. The average Bonchev–Trinajstić information content (AvgIpc) is 2.32. The highest BCUT2D eigenvalue weighted by Crippen LogP contribution is 2.16. The zero-order valence-corrected chi connectivity index (χ0v) is 9.58. The number of hydrogen-bond donors (Lipinski definition) is 3. The topological polar surface area (TPSA) is 67.3 Å². The second kappa shape index (κ2) is 5.18. The minimum absolute atomic E-state index is 0.672. The van der Waals surface area contributed by atoms with E-state index in [1.807, 2.05) is 12.1 Å². The molecule has 88 valence electrons. The first kappa shape index (κ1) is 11.2. The molecule has 1 aliphatic heterocycles. The summed E-state index contributed by atoms with van der Waals surface area (Å²) in [5.41, 5.74) is 14.1. The van der Waals surface area contributed by atoms with Crippen molar-refractivity contribution >= 4 is 11.4 Å². The van der Waals surface area contributed by atoms with Gasteiger partial charge >= 0.3 is 0 Å². The molecule has 2 rings (SSSR count). The lowest BCUT2D eigenvalue weighted by Gasteiger charge is -2.27. The molecule has 0 spiro atoms. The van der Waals surface area contributed by atoms with Crippen LogP contribution in [-0.4, -0.2) is 37.6 Å². The molecule has 16 heavy (non-hydrogen) atoms. The summed E-state index contributed by atoms with van der Waals surface area (Å²) in [6.07, 6.45) is 1.05. The number of anilines is 2. The van der Waals surface area contributed by atoms with Crippen LogP contribution >= 0.6 is 0 Å². The Bertz CT molecular complexity index is 345. The van der Waals surface area contributed by atoms with Crippen LogP contribution in [-0.2, 0) is 6.42 Å². The van der Waals surface area contributed by atoms with Gasteiger partial charge in [-0.25, -0.2) is 0 Å². The minimum Gasteiger partial charge on any atom is -0.397 e. The maximum absolute atomic E-state index is 5.78. The number of nitrogens with two attached hydrogens (primary N) is 2. The summed E-state index contributed by atoms with van der Waals surface area (Å²) in [6.45, 7) is 5.59. The van der Waals surface area contributed by atoms with Gasteiger partial charge in [0.25, 0.3) is 0 Å². The normalized spacial score (nSPS) is 17.5. The van der Waals surface area contributed by atoms with Crippen LogP contribution in [0.3, 0.4) is 0 Å². The summed E-state index contributed by atoms with van der Waals surface area (Å²) in [5.74, 6) is 0. The number of nitrogens with zero attached hydrogens (tertiary/aromatic N) is 1. The van der Waals surface area contributed by atoms with E-state index >= 15 is 0 Å². The van der Waals surface area contributed by atoms with Gasteiger partial charge in [-0.3, -0.25) is 0 Å². The average molecular weight is 220 g/mol. The SMILES string of the molecule is Nc1ccc(CCN2CCNCC2)cc1N. The Hall–Kier alpha value is -1.26. The smallest absolute Gasteiger partial charge is 0.0550 e. The first-order chi connectivity index (χ1) is 7.75. The highest BCUT2D eigenvalue weighted by atomic mass is 15.2. The molecule has 0 aromatic heterocycles. The van der Waals surface area contributed by atoms with Gasteiger partial charge in [0.15, 0.2) is 0 Å². The predicted molar refractivity (Wildman–Crippen MR) is 68.3 cm³/mol. The number of benzene rings is 1. The zero-order chi connectivity index (χ0) is 11.4. The maximum Gasteiger partial charge on any atom is 0.0550 e. The van der Waals surface area contributed by atoms with E-state index in [-0.39, 0.29) is 0 Å². The van der Waals surface area contributed by atoms with Gasteiger partial charge in [0, 0.05) is 32.7 Å². The fourth-order valence-corrected chi connectivity index (χ4v) is 2.00. The van der Waals surface area contributed by atoms with Gasteiger partial charge in [0.05, 0.1) is 11.4 Å². The summed E-state index contributed by atoms with van der Waals surface area (Å²) in [5, 5.41) is 3.35. The number of piperazine rings is 1. The summed E-state index contributed by atoms with van der Waals surface area (Å²) >= 11 is 0. The van der Waals surface area contributed by atoms with Gasteiger partial charge in [-0.05, 0) is 24.1 Å². The van der Waals surface area contributed by atoms with E-state index in [0.717, 1.165) is 39.1 Å². The van der Waals surface area contributed by atoms with E-state index in [1.54, 1.807) is 0 Å². The van der Waals surface area contributed by atoms with Crippen molar-refractivity contribution in [2.24, 2.45) is 0 Å². The van der Waals surface area contributed by atoms with Gasteiger partial charge < -0.3 is 21.7 Å². The Morgan fingerprint density at radius 2 is 1.88 bits per heavy atom. The fraction of sp³-hybridized carbons (Fsp3) is 0.500. The monoisotopic (exact) mass is 220 g/mol. The van der Waals surface area contributed by atoms with E-state index in [4.69, 9.17) is 11.5 Å². The molecular formula is C12H20N4. The van der Waals surface area contributed by atoms with Crippen LogP contribution in [0.4, 0.5) is 11.4 Å². The minimum atomic E-state index is 0.672. The van der Waals surface area contributed by atoms with Crippen molar-refractivity contribution in [2.45, 2.75) is 6.42 Å². The number of rotatable bonds is 3. The molecule has 0 bridgehead atoms. The highest BCUT2D eigenvalue weighted by Gasteiger charge is 2.09. The Morgan fingerprint density at radius 1 is 1.12 bits per heavy atom. The number of nitrogens with one attached hydrogen (secondary N) is 1. The molecule has 5 N–H and O–H groups in total. The molecule has 1 aliphatic rings. The molecule has 0 atom stereocenters. The molecule has 0 amide bonds. The van der Waals surface area contributed by atoms with E-state index in [0.29, 0.717) is 11.4 Å². The van der Waals surface area contributed by atoms with Crippen molar-refractivity contribution in [3.63, 3.8) is 0 Å². The molecule has 0 unspecified atom stereocenters. The first-order valence-corrected chi connectivity index (χ1v) is 5.82.